The van der Waals surface area contributed by atoms with E-state index in [4.69, 9.17) is 4.98 Å². The van der Waals surface area contributed by atoms with E-state index in [2.05, 4.69) is 69.4 Å². The van der Waals surface area contributed by atoms with E-state index in [0.717, 1.165) is 31.1 Å². The van der Waals surface area contributed by atoms with Gasteiger partial charge in [-0.2, -0.15) is 0 Å². The number of nitrogens with zero attached hydrogens (tertiary/aromatic N) is 3. The molecule has 0 atom stereocenters. The van der Waals surface area contributed by atoms with Crippen LogP contribution < -0.4 is 5.32 Å². The van der Waals surface area contributed by atoms with Gasteiger partial charge in [-0.05, 0) is 43.6 Å². The summed E-state index contributed by atoms with van der Waals surface area (Å²) in [4.78, 5) is 7.38. The monoisotopic (exact) mass is 334 g/mol. The fraction of sp³-hybridized carbons (Fsp3) is 0.381. The van der Waals surface area contributed by atoms with Crippen LogP contribution >= 0.6 is 0 Å². The predicted molar refractivity (Wildman–Crippen MR) is 104 cm³/mol. The molecule has 0 spiro atoms. The predicted octanol–water partition coefficient (Wildman–Crippen LogP) is 3.98. The summed E-state index contributed by atoms with van der Waals surface area (Å²) in [6.45, 7) is 5.35. The Morgan fingerprint density at radius 3 is 2.48 bits per heavy atom. The van der Waals surface area contributed by atoms with Crippen LogP contribution in [0.25, 0.3) is 11.0 Å². The van der Waals surface area contributed by atoms with Gasteiger partial charge in [0.25, 0.3) is 0 Å². The van der Waals surface area contributed by atoms with Crippen LogP contribution in [0.1, 0.15) is 24.8 Å². The highest BCUT2D eigenvalue weighted by Gasteiger charge is 2.12. The molecule has 130 valence electrons. The van der Waals surface area contributed by atoms with E-state index in [-0.39, 0.29) is 0 Å². The highest BCUT2D eigenvalue weighted by atomic mass is 15.2. The Morgan fingerprint density at radius 2 is 1.64 bits per heavy atom. The molecule has 4 rings (SSSR count). The van der Waals surface area contributed by atoms with E-state index in [1.807, 2.05) is 0 Å². The number of hydrogen-bond acceptors (Lipinski definition) is 3. The molecule has 1 fully saturated rings. The molecule has 2 heterocycles. The van der Waals surface area contributed by atoms with Crippen LogP contribution in [0, 0.1) is 0 Å². The van der Waals surface area contributed by atoms with Gasteiger partial charge in [0.2, 0.25) is 5.95 Å². The topological polar surface area (TPSA) is 33.1 Å². The molecule has 0 radical (unpaired) electrons. The van der Waals surface area contributed by atoms with Crippen molar-refractivity contribution in [3.8, 4) is 0 Å². The minimum atomic E-state index is 0.841. The van der Waals surface area contributed by atoms with E-state index in [1.165, 1.54) is 43.4 Å². The number of piperidine rings is 1. The normalized spacial score (nSPS) is 15.5. The molecule has 1 aliphatic rings. The number of aromatic nitrogens is 2. The lowest BCUT2D eigenvalue weighted by molar-refractivity contribution is 0.237. The van der Waals surface area contributed by atoms with E-state index < -0.39 is 0 Å². The molecular weight excluding hydrogens is 308 g/mol. The Labute approximate surface area is 149 Å². The van der Waals surface area contributed by atoms with Gasteiger partial charge >= 0.3 is 0 Å². The molecule has 0 aliphatic carbocycles. The standard InChI is InChI=1S/C21H26N4/c1-3-9-18(10-4-1)17-25-20-12-6-5-11-19(20)23-21(25)22-13-16-24-14-7-2-8-15-24/h1,3-6,9-12H,2,7-8,13-17H2,(H,22,23). The van der Waals surface area contributed by atoms with Gasteiger partial charge in [0.05, 0.1) is 17.6 Å². The second kappa shape index (κ2) is 7.70. The number of likely N-dealkylation sites (tertiary alicyclic amines) is 1. The molecule has 0 amide bonds. The maximum absolute atomic E-state index is 4.82. The lowest BCUT2D eigenvalue weighted by atomic mass is 10.1. The molecule has 4 nitrogen and oxygen atoms in total. The summed E-state index contributed by atoms with van der Waals surface area (Å²) in [5.41, 5.74) is 3.54. The zero-order valence-electron chi connectivity index (χ0n) is 14.7. The molecule has 0 bridgehead atoms. The van der Waals surface area contributed by atoms with Crippen LogP contribution in [0.5, 0.6) is 0 Å². The van der Waals surface area contributed by atoms with Crippen LogP contribution in [0.3, 0.4) is 0 Å². The maximum Gasteiger partial charge on any atom is 0.204 e. The summed E-state index contributed by atoms with van der Waals surface area (Å²) in [6, 6.07) is 19.0. The second-order valence-corrected chi connectivity index (χ2v) is 6.82. The summed E-state index contributed by atoms with van der Waals surface area (Å²) in [5, 5.41) is 3.58. The van der Waals surface area contributed by atoms with Crippen LogP contribution in [0.2, 0.25) is 0 Å². The second-order valence-electron chi connectivity index (χ2n) is 6.82. The molecule has 25 heavy (non-hydrogen) atoms. The highest BCUT2D eigenvalue weighted by Crippen LogP contribution is 2.21. The molecular formula is C21H26N4. The van der Waals surface area contributed by atoms with Crippen molar-refractivity contribution >= 4 is 17.0 Å². The number of para-hydroxylation sites is 2. The Kier molecular flexibility index (Phi) is 4.98. The zero-order valence-corrected chi connectivity index (χ0v) is 14.7. The fourth-order valence-electron chi connectivity index (χ4n) is 3.65. The quantitative estimate of drug-likeness (QED) is 0.740. The SMILES string of the molecule is c1ccc(Cn2c(NCCN3CCCCC3)nc3ccccc32)cc1. The van der Waals surface area contributed by atoms with Crippen molar-refractivity contribution in [1.29, 1.82) is 0 Å². The van der Waals surface area contributed by atoms with E-state index in [9.17, 15) is 0 Å². The van der Waals surface area contributed by atoms with Gasteiger partial charge in [0.15, 0.2) is 0 Å². The smallest absolute Gasteiger partial charge is 0.204 e. The summed E-state index contributed by atoms with van der Waals surface area (Å²) >= 11 is 0. The third-order valence-electron chi connectivity index (χ3n) is 5.00. The highest BCUT2D eigenvalue weighted by molar-refractivity contribution is 5.78. The Balaban J connectivity index is 1.51. The Bertz CT molecular complexity index is 803. The third kappa shape index (κ3) is 3.85. The summed E-state index contributed by atoms with van der Waals surface area (Å²) in [7, 11) is 0. The summed E-state index contributed by atoms with van der Waals surface area (Å²) < 4.78 is 2.29. The van der Waals surface area contributed by atoms with Gasteiger partial charge in [-0.25, -0.2) is 4.98 Å². The summed E-state index contributed by atoms with van der Waals surface area (Å²) in [6.07, 6.45) is 4.07. The largest absolute Gasteiger partial charge is 0.354 e. The lowest BCUT2D eigenvalue weighted by Gasteiger charge is -2.26. The van der Waals surface area contributed by atoms with E-state index >= 15 is 0 Å². The van der Waals surface area contributed by atoms with Crippen molar-refractivity contribution in [2.24, 2.45) is 0 Å². The molecule has 1 aromatic heterocycles. The zero-order chi connectivity index (χ0) is 16.9. The van der Waals surface area contributed by atoms with Crippen LogP contribution in [0.15, 0.2) is 54.6 Å². The first kappa shape index (κ1) is 16.2. The van der Waals surface area contributed by atoms with E-state index in [0.29, 0.717) is 0 Å². The number of rotatable bonds is 6. The number of imidazole rings is 1. The first-order chi connectivity index (χ1) is 12.4. The van der Waals surface area contributed by atoms with Crippen molar-refractivity contribution in [3.05, 3.63) is 60.2 Å². The number of anilines is 1. The molecule has 2 aromatic carbocycles. The number of hydrogen-bond donors (Lipinski definition) is 1. The Hall–Kier alpha value is -2.33. The number of nitrogens with one attached hydrogen (secondary N) is 1. The lowest BCUT2D eigenvalue weighted by Crippen LogP contribution is -2.34. The maximum atomic E-state index is 4.82. The minimum absolute atomic E-state index is 0.841. The van der Waals surface area contributed by atoms with Crippen molar-refractivity contribution in [3.63, 3.8) is 0 Å². The Morgan fingerprint density at radius 1 is 0.880 bits per heavy atom. The van der Waals surface area contributed by atoms with Gasteiger partial charge in [0.1, 0.15) is 0 Å². The van der Waals surface area contributed by atoms with Crippen molar-refractivity contribution in [2.45, 2.75) is 25.8 Å². The van der Waals surface area contributed by atoms with Crippen LogP contribution in [-0.2, 0) is 6.54 Å². The molecule has 1 saturated heterocycles. The van der Waals surface area contributed by atoms with Crippen LogP contribution in [0.4, 0.5) is 5.95 Å². The van der Waals surface area contributed by atoms with E-state index in [1.54, 1.807) is 0 Å². The average Bonchev–Trinajstić information content (AvgIpc) is 3.01. The molecule has 4 heteroatoms. The third-order valence-corrected chi connectivity index (χ3v) is 5.00. The van der Waals surface area contributed by atoms with Gasteiger partial charge in [-0.3, -0.25) is 0 Å². The minimum Gasteiger partial charge on any atom is -0.354 e. The fourth-order valence-corrected chi connectivity index (χ4v) is 3.65. The number of benzene rings is 2. The molecule has 3 aromatic rings. The average molecular weight is 334 g/mol. The first-order valence-corrected chi connectivity index (χ1v) is 9.35. The molecule has 0 unspecified atom stereocenters. The molecule has 0 saturated carbocycles. The summed E-state index contributed by atoms with van der Waals surface area (Å²) in [5.74, 6) is 0.974. The van der Waals surface area contributed by atoms with Crippen molar-refractivity contribution in [2.75, 3.05) is 31.5 Å². The first-order valence-electron chi connectivity index (χ1n) is 9.35. The van der Waals surface area contributed by atoms with Gasteiger partial charge in [0, 0.05) is 13.1 Å². The van der Waals surface area contributed by atoms with Crippen molar-refractivity contribution < 1.29 is 0 Å². The van der Waals surface area contributed by atoms with Crippen LogP contribution in [-0.4, -0.2) is 40.6 Å². The van der Waals surface area contributed by atoms with Gasteiger partial charge < -0.3 is 14.8 Å². The van der Waals surface area contributed by atoms with Crippen molar-refractivity contribution in [1.82, 2.24) is 14.5 Å². The van der Waals surface area contributed by atoms with Gasteiger partial charge in [-0.15, -0.1) is 0 Å². The molecule has 1 aliphatic heterocycles. The molecule has 1 N–H and O–H groups in total. The number of fused-ring (bicyclic) bond motifs is 1. The van der Waals surface area contributed by atoms with Gasteiger partial charge in [-0.1, -0.05) is 48.9 Å².